The first-order valence-electron chi connectivity index (χ1n) is 22.4. The van der Waals surface area contributed by atoms with E-state index in [1.807, 2.05) is 0 Å². The van der Waals surface area contributed by atoms with Crippen LogP contribution in [-0.4, -0.2) is 98.3 Å². The maximum atomic E-state index is 12.8. The highest BCUT2D eigenvalue weighted by Crippen LogP contribution is 2.47. The van der Waals surface area contributed by atoms with Crippen molar-refractivity contribution in [3.63, 3.8) is 0 Å². The second-order valence-electron chi connectivity index (χ2n) is 15.5. The fraction of sp³-hybridized carbons (Fsp3) is 0.778. The Balaban J connectivity index is 2.49. The van der Waals surface area contributed by atoms with Crippen molar-refractivity contribution in [2.75, 3.05) is 13.2 Å². The van der Waals surface area contributed by atoms with Gasteiger partial charge in [0.15, 0.2) is 6.10 Å². The van der Waals surface area contributed by atoms with E-state index in [1.165, 1.54) is 38.5 Å². The van der Waals surface area contributed by atoms with E-state index in [9.17, 15) is 44.6 Å². The topological polar surface area (TPSA) is 210 Å². The first-order valence-corrected chi connectivity index (χ1v) is 23.9. The third-order valence-corrected chi connectivity index (χ3v) is 11.1. The van der Waals surface area contributed by atoms with Gasteiger partial charge < -0.3 is 39.9 Å². The Bertz CT molecular complexity index is 1220. The summed E-state index contributed by atoms with van der Waals surface area (Å²) in [4.78, 5) is 35.6. The van der Waals surface area contributed by atoms with Crippen LogP contribution < -0.4 is 0 Å². The molecule has 1 aliphatic rings. The van der Waals surface area contributed by atoms with Crippen LogP contribution in [0.4, 0.5) is 0 Å². The Hall–Kier alpha value is -2.19. The second-order valence-corrected chi connectivity index (χ2v) is 16.9. The zero-order chi connectivity index (χ0) is 43.6. The molecule has 0 saturated heterocycles. The number of hydrogen-bond donors (Lipinski definition) is 6. The number of carbonyl (C=O) groups excluding carboxylic acids is 2. The van der Waals surface area contributed by atoms with Crippen LogP contribution in [0.3, 0.4) is 0 Å². The number of rotatable bonds is 36. The number of phosphoric acid groups is 1. The van der Waals surface area contributed by atoms with Gasteiger partial charge in [-0.15, -0.1) is 0 Å². The lowest BCUT2D eigenvalue weighted by Gasteiger charge is -2.41. The molecule has 0 bridgehead atoms. The monoisotopic (exact) mass is 859 g/mol. The lowest BCUT2D eigenvalue weighted by atomic mass is 9.85. The molecule has 0 aromatic carbocycles. The summed E-state index contributed by atoms with van der Waals surface area (Å²) in [7, 11) is -5.12. The smallest absolute Gasteiger partial charge is 0.462 e. The maximum absolute atomic E-state index is 12.8. The average Bonchev–Trinajstić information content (AvgIpc) is 3.21. The Labute approximate surface area is 354 Å². The molecule has 6 atom stereocenters. The van der Waals surface area contributed by atoms with Crippen LogP contribution in [0.5, 0.6) is 0 Å². The number of hydrogen-bond acceptors (Lipinski definition) is 12. The van der Waals surface area contributed by atoms with Gasteiger partial charge in [0.05, 0.1) is 6.61 Å². The van der Waals surface area contributed by atoms with Crippen molar-refractivity contribution in [1.29, 1.82) is 0 Å². The Morgan fingerprint density at radius 3 is 1.49 bits per heavy atom. The van der Waals surface area contributed by atoms with Crippen LogP contribution in [0.2, 0.25) is 0 Å². The average molecular weight is 859 g/mol. The molecule has 0 amide bonds. The predicted molar refractivity (Wildman–Crippen MR) is 230 cm³/mol. The zero-order valence-electron chi connectivity index (χ0n) is 36.0. The second kappa shape index (κ2) is 35.4. The summed E-state index contributed by atoms with van der Waals surface area (Å²) < 4.78 is 33.5. The maximum Gasteiger partial charge on any atom is 0.472 e. The largest absolute Gasteiger partial charge is 0.472 e. The van der Waals surface area contributed by atoms with Gasteiger partial charge in [-0.1, -0.05) is 133 Å². The molecule has 342 valence electrons. The third-order valence-electron chi connectivity index (χ3n) is 10.2. The van der Waals surface area contributed by atoms with Gasteiger partial charge in [0.1, 0.15) is 43.2 Å². The van der Waals surface area contributed by atoms with Crippen LogP contribution in [-0.2, 0) is 32.7 Å². The van der Waals surface area contributed by atoms with Gasteiger partial charge in [0.25, 0.3) is 0 Å². The molecule has 59 heavy (non-hydrogen) atoms. The molecule has 1 rings (SSSR count). The Morgan fingerprint density at radius 1 is 0.542 bits per heavy atom. The SMILES string of the molecule is CC/C=C\C/C=C\C/C=C\CCCCCCCC(=O)OC(COC(=O)CCCCCCC/C=C\CCCCCCCC)COP(=O)(O)OC1C(O)C(O)C(O)C(O)C1O. The number of phosphoric ester groups is 1. The van der Waals surface area contributed by atoms with Gasteiger partial charge in [0, 0.05) is 12.8 Å². The molecule has 14 heteroatoms. The number of unbranched alkanes of at least 4 members (excludes halogenated alkanes) is 16. The van der Waals surface area contributed by atoms with Gasteiger partial charge >= 0.3 is 19.8 Å². The van der Waals surface area contributed by atoms with Gasteiger partial charge in [0.2, 0.25) is 0 Å². The molecule has 6 N–H and O–H groups in total. The molecule has 0 aromatic rings. The number of carbonyl (C=O) groups is 2. The van der Waals surface area contributed by atoms with Crippen molar-refractivity contribution in [3.8, 4) is 0 Å². The lowest BCUT2D eigenvalue weighted by Crippen LogP contribution is -2.64. The van der Waals surface area contributed by atoms with Crippen molar-refractivity contribution in [3.05, 3.63) is 48.6 Å². The zero-order valence-corrected chi connectivity index (χ0v) is 36.9. The first-order chi connectivity index (χ1) is 28.4. The van der Waals surface area contributed by atoms with Crippen molar-refractivity contribution >= 4 is 19.8 Å². The van der Waals surface area contributed by atoms with E-state index in [2.05, 4.69) is 62.5 Å². The summed E-state index contributed by atoms with van der Waals surface area (Å²) in [5.74, 6) is -1.13. The molecule has 1 saturated carbocycles. The summed E-state index contributed by atoms with van der Waals surface area (Å²) in [6, 6.07) is 0. The number of esters is 2. The molecule has 1 aliphatic carbocycles. The lowest BCUT2D eigenvalue weighted by molar-refractivity contribution is -0.220. The molecule has 1 fully saturated rings. The van der Waals surface area contributed by atoms with Gasteiger partial charge in [-0.05, 0) is 70.6 Å². The highest BCUT2D eigenvalue weighted by molar-refractivity contribution is 7.47. The molecule has 6 unspecified atom stereocenters. The highest BCUT2D eigenvalue weighted by Gasteiger charge is 2.51. The van der Waals surface area contributed by atoms with Crippen LogP contribution in [0.25, 0.3) is 0 Å². The van der Waals surface area contributed by atoms with E-state index in [1.54, 1.807) is 0 Å². The number of aliphatic hydroxyl groups excluding tert-OH is 5. The Morgan fingerprint density at radius 2 is 0.966 bits per heavy atom. The van der Waals surface area contributed by atoms with Gasteiger partial charge in [-0.3, -0.25) is 18.6 Å². The van der Waals surface area contributed by atoms with Crippen LogP contribution in [0, 0.1) is 0 Å². The quantitative estimate of drug-likeness (QED) is 0.0152. The normalized spacial score (nSPS) is 22.8. The summed E-state index contributed by atoms with van der Waals surface area (Å²) in [6.07, 6.45) is 27.4. The van der Waals surface area contributed by atoms with Crippen molar-refractivity contribution in [2.45, 2.75) is 211 Å². The van der Waals surface area contributed by atoms with E-state index in [4.69, 9.17) is 18.5 Å². The number of aliphatic hydroxyl groups is 5. The molecule has 0 aliphatic heterocycles. The molecule has 0 radical (unpaired) electrons. The van der Waals surface area contributed by atoms with Crippen LogP contribution in [0.1, 0.15) is 168 Å². The first kappa shape index (κ1) is 54.8. The minimum Gasteiger partial charge on any atom is -0.462 e. The van der Waals surface area contributed by atoms with Crippen molar-refractivity contribution in [1.82, 2.24) is 0 Å². The third kappa shape index (κ3) is 28.1. The van der Waals surface area contributed by atoms with Gasteiger partial charge in [-0.25, -0.2) is 4.57 Å². The summed E-state index contributed by atoms with van der Waals surface area (Å²) in [6.45, 7) is 3.15. The molecular formula is C45H79O13P. The highest BCUT2D eigenvalue weighted by atomic mass is 31.2. The van der Waals surface area contributed by atoms with Crippen molar-refractivity contribution < 1.29 is 63.1 Å². The van der Waals surface area contributed by atoms with E-state index in [0.717, 1.165) is 89.9 Å². The molecular weight excluding hydrogens is 779 g/mol. The summed E-state index contributed by atoms with van der Waals surface area (Å²) in [5, 5.41) is 50.1. The number of ether oxygens (including phenoxy) is 2. The Kier molecular flexibility index (Phi) is 32.9. The van der Waals surface area contributed by atoms with E-state index < -0.39 is 75.7 Å². The standard InChI is InChI=1S/C45H79O13P/c1-3-5-7-9-11-13-15-17-19-21-23-25-27-29-31-33-38(46)55-35-37(36-56-59(53,54)58-45-43(51)41(49)40(48)42(50)44(45)52)57-39(47)34-32-30-28-26-24-22-20-18-16-14-12-10-8-6-4-2/h6,8,12,14,17-20,37,40-45,48-52H,3-5,7,9-11,13,15-16,21-36H2,1-2H3,(H,53,54)/b8-6-,14-12-,19-17-,20-18-. The summed E-state index contributed by atoms with van der Waals surface area (Å²) in [5.41, 5.74) is 0. The minimum absolute atomic E-state index is 0.0743. The minimum atomic E-state index is -5.12. The fourth-order valence-electron chi connectivity index (χ4n) is 6.53. The molecule has 13 nitrogen and oxygen atoms in total. The van der Waals surface area contributed by atoms with Gasteiger partial charge in [-0.2, -0.15) is 0 Å². The van der Waals surface area contributed by atoms with Crippen LogP contribution >= 0.6 is 7.82 Å². The van der Waals surface area contributed by atoms with E-state index in [0.29, 0.717) is 12.8 Å². The fourth-order valence-corrected chi connectivity index (χ4v) is 7.50. The number of allylic oxidation sites excluding steroid dienone is 8. The van der Waals surface area contributed by atoms with Crippen molar-refractivity contribution in [2.24, 2.45) is 0 Å². The molecule has 0 heterocycles. The predicted octanol–water partition coefficient (Wildman–Crippen LogP) is 8.39. The van der Waals surface area contributed by atoms with E-state index >= 15 is 0 Å². The summed E-state index contributed by atoms with van der Waals surface area (Å²) >= 11 is 0. The van der Waals surface area contributed by atoms with E-state index in [-0.39, 0.29) is 12.8 Å². The molecule has 0 aromatic heterocycles. The molecule has 0 spiro atoms. The van der Waals surface area contributed by atoms with Crippen LogP contribution in [0.15, 0.2) is 48.6 Å².